The standard InChI is InChI=1S/C9H10O4/c1-3-7(10)6(2)8(11)9-12-4-5-13-9/h3-6,9H,1H2,2H3. The zero-order valence-electron chi connectivity index (χ0n) is 7.23. The lowest BCUT2D eigenvalue weighted by Gasteiger charge is -2.12. The number of hydrogen-bond donors (Lipinski definition) is 0. The molecule has 0 bridgehead atoms. The zero-order valence-corrected chi connectivity index (χ0v) is 7.23. The van der Waals surface area contributed by atoms with E-state index in [0.29, 0.717) is 0 Å². The summed E-state index contributed by atoms with van der Waals surface area (Å²) in [5.41, 5.74) is 0. The van der Waals surface area contributed by atoms with E-state index in [1.54, 1.807) is 0 Å². The van der Waals surface area contributed by atoms with Crippen LogP contribution < -0.4 is 0 Å². The highest BCUT2D eigenvalue weighted by atomic mass is 16.7. The van der Waals surface area contributed by atoms with Crippen LogP contribution in [0.25, 0.3) is 0 Å². The van der Waals surface area contributed by atoms with E-state index in [4.69, 9.17) is 9.47 Å². The third-order valence-corrected chi connectivity index (χ3v) is 1.75. The van der Waals surface area contributed by atoms with Crippen LogP contribution in [-0.2, 0) is 19.1 Å². The average Bonchev–Trinajstić information content (AvgIpc) is 2.67. The van der Waals surface area contributed by atoms with E-state index in [1.165, 1.54) is 19.4 Å². The SMILES string of the molecule is C=CC(=O)C(C)C(=O)C1OC=CO1. The first-order valence-electron chi connectivity index (χ1n) is 3.82. The van der Waals surface area contributed by atoms with Crippen LogP contribution in [0.15, 0.2) is 25.2 Å². The Hall–Kier alpha value is -1.58. The molecule has 0 aromatic heterocycles. The fourth-order valence-corrected chi connectivity index (χ4v) is 0.894. The minimum absolute atomic E-state index is 0.330. The van der Waals surface area contributed by atoms with Gasteiger partial charge in [-0.2, -0.15) is 0 Å². The summed E-state index contributed by atoms with van der Waals surface area (Å²) in [5.74, 6) is -1.48. The fraction of sp³-hybridized carbons (Fsp3) is 0.333. The highest BCUT2D eigenvalue weighted by Crippen LogP contribution is 2.12. The molecule has 1 unspecified atom stereocenters. The Morgan fingerprint density at radius 2 is 2.00 bits per heavy atom. The van der Waals surface area contributed by atoms with Crippen molar-refractivity contribution in [2.24, 2.45) is 5.92 Å². The van der Waals surface area contributed by atoms with Crippen molar-refractivity contribution in [3.63, 3.8) is 0 Å². The van der Waals surface area contributed by atoms with Gasteiger partial charge in [-0.1, -0.05) is 6.58 Å². The molecule has 1 rings (SSSR count). The van der Waals surface area contributed by atoms with Crippen molar-refractivity contribution in [1.29, 1.82) is 0 Å². The predicted molar refractivity (Wildman–Crippen MR) is 44.5 cm³/mol. The number of hydrogen-bond acceptors (Lipinski definition) is 4. The first-order valence-corrected chi connectivity index (χ1v) is 3.82. The second-order valence-corrected chi connectivity index (χ2v) is 2.61. The first-order chi connectivity index (χ1) is 6.16. The third kappa shape index (κ3) is 1.96. The fourth-order valence-electron chi connectivity index (χ4n) is 0.894. The van der Waals surface area contributed by atoms with E-state index in [-0.39, 0.29) is 5.78 Å². The Morgan fingerprint density at radius 3 is 2.46 bits per heavy atom. The summed E-state index contributed by atoms with van der Waals surface area (Å²) in [6.07, 6.45) is 2.69. The molecule has 1 aliphatic heterocycles. The molecule has 0 aliphatic carbocycles. The molecule has 4 heteroatoms. The molecule has 0 saturated heterocycles. The number of allylic oxidation sites excluding steroid dienone is 1. The van der Waals surface area contributed by atoms with Crippen molar-refractivity contribution in [2.45, 2.75) is 13.2 Å². The van der Waals surface area contributed by atoms with Crippen LogP contribution in [0.2, 0.25) is 0 Å². The van der Waals surface area contributed by atoms with Crippen molar-refractivity contribution >= 4 is 11.6 Å². The summed E-state index contributed by atoms with van der Waals surface area (Å²) >= 11 is 0. The predicted octanol–water partition coefficient (Wildman–Crippen LogP) is 0.791. The maximum atomic E-state index is 11.4. The molecule has 13 heavy (non-hydrogen) atoms. The lowest BCUT2D eigenvalue weighted by atomic mass is 10.0. The summed E-state index contributed by atoms with van der Waals surface area (Å²) in [5, 5.41) is 0. The van der Waals surface area contributed by atoms with Gasteiger partial charge in [-0.15, -0.1) is 0 Å². The van der Waals surface area contributed by atoms with Gasteiger partial charge in [-0.3, -0.25) is 9.59 Å². The molecule has 0 saturated carbocycles. The van der Waals surface area contributed by atoms with Crippen LogP contribution in [0.5, 0.6) is 0 Å². The number of carbonyl (C=O) groups excluding carboxylic acids is 2. The van der Waals surface area contributed by atoms with Crippen molar-refractivity contribution in [1.82, 2.24) is 0 Å². The molecule has 1 heterocycles. The van der Waals surface area contributed by atoms with Crippen molar-refractivity contribution in [2.75, 3.05) is 0 Å². The van der Waals surface area contributed by atoms with Crippen LogP contribution in [0.4, 0.5) is 0 Å². The topological polar surface area (TPSA) is 52.6 Å². The van der Waals surface area contributed by atoms with Gasteiger partial charge in [-0.25, -0.2) is 0 Å². The molecule has 0 aromatic rings. The van der Waals surface area contributed by atoms with Crippen molar-refractivity contribution in [3.8, 4) is 0 Å². The van der Waals surface area contributed by atoms with E-state index in [9.17, 15) is 9.59 Å². The van der Waals surface area contributed by atoms with Gasteiger partial charge in [-0.05, 0) is 13.0 Å². The highest BCUT2D eigenvalue weighted by molar-refractivity contribution is 6.08. The molecule has 1 aliphatic rings. The van der Waals surface area contributed by atoms with Gasteiger partial charge in [0.2, 0.25) is 5.78 Å². The molecule has 0 radical (unpaired) electrons. The van der Waals surface area contributed by atoms with E-state index < -0.39 is 18.0 Å². The van der Waals surface area contributed by atoms with Gasteiger partial charge >= 0.3 is 0 Å². The smallest absolute Gasteiger partial charge is 0.300 e. The lowest BCUT2D eigenvalue weighted by Crippen LogP contribution is -2.31. The second-order valence-electron chi connectivity index (χ2n) is 2.61. The monoisotopic (exact) mass is 182 g/mol. The van der Waals surface area contributed by atoms with Gasteiger partial charge in [0.15, 0.2) is 5.78 Å². The highest BCUT2D eigenvalue weighted by Gasteiger charge is 2.30. The van der Waals surface area contributed by atoms with Crippen molar-refractivity contribution < 1.29 is 19.1 Å². The van der Waals surface area contributed by atoms with Crippen LogP contribution in [-0.4, -0.2) is 17.9 Å². The minimum Gasteiger partial charge on any atom is -0.452 e. The van der Waals surface area contributed by atoms with Crippen LogP contribution in [0, 0.1) is 5.92 Å². The second kappa shape index (κ2) is 3.89. The number of ether oxygens (including phenoxy) is 2. The Morgan fingerprint density at radius 1 is 1.46 bits per heavy atom. The van der Waals surface area contributed by atoms with Gasteiger partial charge in [0.05, 0.1) is 5.92 Å². The van der Waals surface area contributed by atoms with E-state index >= 15 is 0 Å². The summed E-state index contributed by atoms with van der Waals surface area (Å²) in [7, 11) is 0. The lowest BCUT2D eigenvalue weighted by molar-refractivity contribution is -0.148. The molecule has 0 spiro atoms. The first kappa shape index (κ1) is 9.51. The van der Waals surface area contributed by atoms with Crippen LogP contribution in [0.1, 0.15) is 6.92 Å². The maximum absolute atomic E-state index is 11.4. The number of carbonyl (C=O) groups is 2. The summed E-state index contributed by atoms with van der Waals surface area (Å²) in [6, 6.07) is 0. The number of rotatable bonds is 4. The summed E-state index contributed by atoms with van der Waals surface area (Å²) < 4.78 is 9.58. The Bertz CT molecular complexity index is 259. The molecular weight excluding hydrogens is 172 g/mol. The summed E-state index contributed by atoms with van der Waals surface area (Å²) in [6.45, 7) is 4.79. The third-order valence-electron chi connectivity index (χ3n) is 1.75. The largest absolute Gasteiger partial charge is 0.452 e. The quantitative estimate of drug-likeness (QED) is 0.476. The Kier molecular flexibility index (Phi) is 2.84. The van der Waals surface area contributed by atoms with E-state index in [0.717, 1.165) is 6.08 Å². The van der Waals surface area contributed by atoms with Gasteiger partial charge in [0, 0.05) is 0 Å². The molecule has 0 aromatic carbocycles. The molecule has 4 nitrogen and oxygen atoms in total. The average molecular weight is 182 g/mol. The Labute approximate surface area is 75.8 Å². The summed E-state index contributed by atoms with van der Waals surface area (Å²) in [4.78, 5) is 22.4. The zero-order chi connectivity index (χ0) is 9.84. The van der Waals surface area contributed by atoms with Gasteiger partial charge < -0.3 is 9.47 Å². The Balaban J connectivity index is 2.56. The molecular formula is C9H10O4. The minimum atomic E-state index is -0.973. The number of ketones is 2. The van der Waals surface area contributed by atoms with E-state index in [2.05, 4.69) is 6.58 Å². The molecule has 1 atom stereocenters. The number of Topliss-reactive ketones (excluding diaryl/α,β-unsaturated/α-hetero) is 1. The van der Waals surface area contributed by atoms with Gasteiger partial charge in [0.1, 0.15) is 12.5 Å². The molecule has 70 valence electrons. The van der Waals surface area contributed by atoms with E-state index in [1.807, 2.05) is 0 Å². The van der Waals surface area contributed by atoms with Crippen LogP contribution >= 0.6 is 0 Å². The maximum Gasteiger partial charge on any atom is 0.300 e. The molecule has 0 amide bonds. The van der Waals surface area contributed by atoms with Crippen molar-refractivity contribution in [3.05, 3.63) is 25.2 Å². The van der Waals surface area contributed by atoms with Crippen LogP contribution in [0.3, 0.4) is 0 Å². The normalized spacial score (nSPS) is 17.3. The molecule has 0 N–H and O–H groups in total. The molecule has 0 fully saturated rings. The van der Waals surface area contributed by atoms with Gasteiger partial charge in [0.25, 0.3) is 6.29 Å².